The predicted molar refractivity (Wildman–Crippen MR) is 346 cm³/mol. The molecule has 0 radical (unpaired) electrons. The quantitative estimate of drug-likeness (QED) is 0.152. The fourth-order valence-electron chi connectivity index (χ4n) is 13.2. The molecule has 84 heavy (non-hydrogen) atoms. The fraction of sp³-hybridized carbons (Fsp3) is 0. The van der Waals surface area contributed by atoms with E-state index in [-0.39, 0.29) is 0 Å². The molecular formula is C77H47N7. The maximum absolute atomic E-state index is 9.81. The van der Waals surface area contributed by atoms with Crippen molar-refractivity contribution in [1.82, 2.24) is 28.2 Å². The summed E-state index contributed by atoms with van der Waals surface area (Å²) in [6.45, 7) is 0. The Kier molecular flexibility index (Phi) is 10.5. The van der Waals surface area contributed by atoms with E-state index in [0.717, 1.165) is 89.1 Å². The van der Waals surface area contributed by atoms with Crippen LogP contribution >= 0.6 is 0 Å². The molecule has 5 heterocycles. The smallest absolute Gasteiger partial charge is 0.235 e. The molecule has 17 aromatic rings. The van der Waals surface area contributed by atoms with Crippen LogP contribution in [-0.2, 0) is 0 Å². The van der Waals surface area contributed by atoms with Crippen molar-refractivity contribution in [3.63, 3.8) is 0 Å². The minimum absolute atomic E-state index is 0.554. The second-order valence-corrected chi connectivity index (χ2v) is 21.7. The lowest BCUT2D eigenvalue weighted by atomic mass is 10.0. The summed E-state index contributed by atoms with van der Waals surface area (Å²) >= 11 is 0. The van der Waals surface area contributed by atoms with Gasteiger partial charge >= 0.3 is 0 Å². The van der Waals surface area contributed by atoms with Crippen molar-refractivity contribution < 1.29 is 0 Å². The monoisotopic (exact) mass is 1070 g/mol. The number of para-hydroxylation sites is 6. The van der Waals surface area contributed by atoms with Crippen molar-refractivity contribution in [1.29, 1.82) is 5.26 Å². The average Bonchev–Trinajstić information content (AvgIpc) is 2.85. The van der Waals surface area contributed by atoms with E-state index in [1.807, 2.05) is 24.3 Å². The van der Waals surface area contributed by atoms with Gasteiger partial charge in [0.25, 0.3) is 0 Å². The Balaban J connectivity index is 0.792. The van der Waals surface area contributed by atoms with Crippen LogP contribution in [0.1, 0.15) is 5.56 Å². The summed E-state index contributed by atoms with van der Waals surface area (Å²) in [5.74, 6) is 0.554. The van der Waals surface area contributed by atoms with Crippen LogP contribution in [-0.4, -0.2) is 28.2 Å². The second kappa shape index (κ2) is 18.7. The predicted octanol–water partition coefficient (Wildman–Crippen LogP) is 19.4. The third kappa shape index (κ3) is 7.38. The molecule has 0 aliphatic heterocycles. The third-order valence-corrected chi connectivity index (χ3v) is 17.0. The highest BCUT2D eigenvalue weighted by atomic mass is 15.2. The molecule has 0 saturated carbocycles. The van der Waals surface area contributed by atoms with Gasteiger partial charge in [-0.15, -0.1) is 0 Å². The molecule has 7 heteroatoms. The summed E-state index contributed by atoms with van der Waals surface area (Å²) in [5, 5.41) is 19.3. The summed E-state index contributed by atoms with van der Waals surface area (Å²) in [4.78, 5) is 10.9. The molecule has 7 nitrogen and oxygen atoms in total. The van der Waals surface area contributed by atoms with Crippen LogP contribution in [0.4, 0.5) is 0 Å². The van der Waals surface area contributed by atoms with Crippen LogP contribution < -0.4 is 0 Å². The van der Waals surface area contributed by atoms with E-state index in [2.05, 4.69) is 285 Å². The van der Waals surface area contributed by atoms with E-state index in [1.54, 1.807) is 0 Å². The average molecular weight is 1070 g/mol. The van der Waals surface area contributed by atoms with Crippen molar-refractivity contribution >= 4 is 87.2 Å². The van der Waals surface area contributed by atoms with Gasteiger partial charge in [0.15, 0.2) is 0 Å². The molecule has 390 valence electrons. The second-order valence-electron chi connectivity index (χ2n) is 21.7. The molecule has 0 fully saturated rings. The van der Waals surface area contributed by atoms with Gasteiger partial charge in [-0.3, -0.25) is 4.57 Å². The molecule has 0 aliphatic rings. The number of hydrogen-bond donors (Lipinski definition) is 0. The Morgan fingerprint density at radius 1 is 0.238 bits per heavy atom. The summed E-state index contributed by atoms with van der Waals surface area (Å²) in [6, 6.07) is 104. The van der Waals surface area contributed by atoms with Crippen LogP contribution in [0.3, 0.4) is 0 Å². The van der Waals surface area contributed by atoms with Gasteiger partial charge in [-0.2, -0.15) is 5.26 Å². The molecule has 0 atom stereocenters. The maximum atomic E-state index is 9.81. The number of hydrogen-bond acceptors (Lipinski definition) is 3. The van der Waals surface area contributed by atoms with Crippen LogP contribution in [0.25, 0.3) is 155 Å². The molecule has 17 rings (SSSR count). The molecule has 0 aliphatic carbocycles. The van der Waals surface area contributed by atoms with Gasteiger partial charge in [0.2, 0.25) is 5.95 Å². The van der Waals surface area contributed by atoms with Gasteiger partial charge in [0.1, 0.15) is 0 Å². The van der Waals surface area contributed by atoms with Crippen LogP contribution in [0.15, 0.2) is 285 Å². The molecule has 5 aromatic heterocycles. The van der Waals surface area contributed by atoms with Crippen molar-refractivity contribution in [3.8, 4) is 73.8 Å². The normalized spacial score (nSPS) is 11.8. The largest absolute Gasteiger partial charge is 0.309 e. The maximum Gasteiger partial charge on any atom is 0.235 e. The summed E-state index contributed by atoms with van der Waals surface area (Å²) < 4.78 is 9.30. The summed E-state index contributed by atoms with van der Waals surface area (Å²) in [7, 11) is 0. The Bertz CT molecular complexity index is 5560. The number of nitriles is 1. The summed E-state index contributed by atoms with van der Waals surface area (Å²) in [5.41, 5.74) is 20.8. The molecular weight excluding hydrogens is 1020 g/mol. The van der Waals surface area contributed by atoms with Crippen LogP contribution in [0, 0.1) is 11.3 Å². The zero-order valence-corrected chi connectivity index (χ0v) is 45.3. The first-order valence-electron chi connectivity index (χ1n) is 28.4. The van der Waals surface area contributed by atoms with Crippen molar-refractivity contribution in [2.24, 2.45) is 0 Å². The zero-order valence-electron chi connectivity index (χ0n) is 45.3. The number of benzene rings is 12. The van der Waals surface area contributed by atoms with Gasteiger partial charge in [0.05, 0.1) is 67.2 Å². The lowest BCUT2D eigenvalue weighted by Crippen LogP contribution is -2.04. The lowest BCUT2D eigenvalue weighted by Gasteiger charge is -2.14. The third-order valence-electron chi connectivity index (χ3n) is 17.0. The molecule has 0 N–H and O–H groups in total. The number of rotatable bonds is 8. The molecule has 0 amide bonds. The molecule has 0 saturated heterocycles. The van der Waals surface area contributed by atoms with Gasteiger partial charge in [-0.1, -0.05) is 158 Å². The summed E-state index contributed by atoms with van der Waals surface area (Å²) in [6.07, 6.45) is 0. The molecule has 0 spiro atoms. The SMILES string of the molecule is N#Cc1ccc(-c2cc(-c3cccc(-n4c5ccccc5c5cc(-c6ccc7c(c6)c6ccccc6n7-c6ccccc6)ccc54)c3)nc(-n3c4ccccc4c4cc(-c5ccc6c(c5)c5ccccc5n6-c5ccccc5)ccc43)n2)cc1. The minimum atomic E-state index is 0.554. The minimum Gasteiger partial charge on any atom is -0.309 e. The van der Waals surface area contributed by atoms with Gasteiger partial charge in [-0.05, 0) is 150 Å². The first-order valence-corrected chi connectivity index (χ1v) is 28.4. The lowest BCUT2D eigenvalue weighted by molar-refractivity contribution is 0.995. The van der Waals surface area contributed by atoms with Crippen molar-refractivity contribution in [2.45, 2.75) is 0 Å². The van der Waals surface area contributed by atoms with Crippen molar-refractivity contribution in [2.75, 3.05) is 0 Å². The Labute approximate surface area is 482 Å². The number of aromatic nitrogens is 6. The molecule has 0 bridgehead atoms. The van der Waals surface area contributed by atoms with Crippen molar-refractivity contribution in [3.05, 3.63) is 291 Å². The van der Waals surface area contributed by atoms with E-state index in [4.69, 9.17) is 9.97 Å². The van der Waals surface area contributed by atoms with Crippen LogP contribution in [0.5, 0.6) is 0 Å². The van der Waals surface area contributed by atoms with Gasteiger partial charge in [0, 0.05) is 71.3 Å². The number of fused-ring (bicyclic) bond motifs is 12. The topological polar surface area (TPSA) is 69.3 Å². The highest BCUT2D eigenvalue weighted by Gasteiger charge is 2.21. The highest BCUT2D eigenvalue weighted by Crippen LogP contribution is 2.42. The van der Waals surface area contributed by atoms with E-state index in [0.29, 0.717) is 11.5 Å². The highest BCUT2D eigenvalue weighted by molar-refractivity contribution is 6.15. The first-order chi connectivity index (χ1) is 41.6. The Hall–Kier alpha value is -11.6. The van der Waals surface area contributed by atoms with Gasteiger partial charge < -0.3 is 13.7 Å². The standard InChI is InChI=1S/C77H47N7/c78-48-49-30-32-50(33-31-49)67-47-68(80-77(79-67)84-72-29-14-10-25-62(72)66-46-54(37-41-76(66)84)52-35-39-74-64(44-52)60-23-8-12-27-70(60)82(74)57-19-5-2-6-20-57)55-16-15-21-58(42-55)83-71-28-13-9-24-61(71)65-45-53(36-40-75(65)83)51-34-38-73-63(43-51)59-22-7-11-26-69(59)81(73)56-17-3-1-4-18-56/h1-47H. The van der Waals surface area contributed by atoms with Gasteiger partial charge in [-0.25, -0.2) is 9.97 Å². The fourth-order valence-corrected chi connectivity index (χ4v) is 13.2. The Morgan fingerprint density at radius 2 is 0.571 bits per heavy atom. The van der Waals surface area contributed by atoms with Crippen LogP contribution in [0.2, 0.25) is 0 Å². The number of nitrogens with zero attached hydrogens (tertiary/aromatic N) is 7. The van der Waals surface area contributed by atoms with E-state index >= 15 is 0 Å². The Morgan fingerprint density at radius 3 is 1.00 bits per heavy atom. The first kappa shape index (κ1) is 47.2. The molecule has 12 aromatic carbocycles. The van der Waals surface area contributed by atoms with E-state index in [1.165, 1.54) is 59.9 Å². The van der Waals surface area contributed by atoms with E-state index in [9.17, 15) is 5.26 Å². The zero-order chi connectivity index (χ0) is 55.4. The van der Waals surface area contributed by atoms with E-state index < -0.39 is 0 Å². The molecule has 0 unspecified atom stereocenters.